The maximum Gasteiger partial charge on any atom is 0.351 e. The number of aliphatic hydroxyl groups excluding tert-OH is 1. The maximum absolute atomic E-state index is 11.8. The number of amides is 1. The summed E-state index contributed by atoms with van der Waals surface area (Å²) in [7, 11) is 0. The van der Waals surface area contributed by atoms with Crippen molar-refractivity contribution in [1.82, 2.24) is 9.55 Å². The van der Waals surface area contributed by atoms with Crippen LogP contribution in [-0.2, 0) is 9.53 Å². The highest BCUT2D eigenvalue weighted by molar-refractivity contribution is 8.00. The van der Waals surface area contributed by atoms with E-state index < -0.39 is 11.9 Å². The van der Waals surface area contributed by atoms with Gasteiger partial charge in [-0.25, -0.2) is 4.79 Å². The van der Waals surface area contributed by atoms with Gasteiger partial charge in [0, 0.05) is 18.9 Å². The first-order valence-corrected chi connectivity index (χ1v) is 6.39. The van der Waals surface area contributed by atoms with Crippen LogP contribution in [0.15, 0.2) is 17.1 Å². The Bertz CT molecular complexity index is 504. The lowest BCUT2D eigenvalue weighted by Crippen LogP contribution is -2.29. The zero-order valence-electron chi connectivity index (χ0n) is 9.70. The van der Waals surface area contributed by atoms with Crippen LogP contribution in [0.2, 0.25) is 0 Å². The molecule has 1 fully saturated rings. The van der Waals surface area contributed by atoms with Gasteiger partial charge in [0.05, 0.1) is 6.61 Å². The number of anilines is 1. The van der Waals surface area contributed by atoms with Crippen molar-refractivity contribution in [2.75, 3.05) is 17.7 Å². The lowest BCUT2D eigenvalue weighted by atomic mass is 10.5. The van der Waals surface area contributed by atoms with Crippen LogP contribution in [0.3, 0.4) is 0 Å². The summed E-state index contributed by atoms with van der Waals surface area (Å²) in [5.74, 6) is 0.507. The Hall–Kier alpha value is -1.38. The fourth-order valence-corrected chi connectivity index (χ4v) is 2.50. The Labute approximate surface area is 107 Å². The number of thioether (sulfide) groups is 1. The average Bonchev–Trinajstić information content (AvgIpc) is 2.76. The number of aliphatic hydroxyl groups is 1. The summed E-state index contributed by atoms with van der Waals surface area (Å²) in [6.45, 7) is 1.25. The van der Waals surface area contributed by atoms with Crippen molar-refractivity contribution in [1.29, 1.82) is 0 Å². The molecule has 0 saturated carbocycles. The maximum atomic E-state index is 11.8. The van der Waals surface area contributed by atoms with E-state index in [0.29, 0.717) is 5.75 Å². The molecule has 1 aliphatic rings. The van der Waals surface area contributed by atoms with Crippen LogP contribution in [0.4, 0.5) is 5.82 Å². The van der Waals surface area contributed by atoms with Gasteiger partial charge in [-0.3, -0.25) is 9.36 Å². The molecule has 1 aromatic rings. The van der Waals surface area contributed by atoms with Gasteiger partial charge in [-0.1, -0.05) is 0 Å². The SMILES string of the molecule is CC(=O)Nc1ccn(C2CSC(CO)O2)c(=O)n1. The number of hydrogen-bond acceptors (Lipinski definition) is 6. The normalized spacial score (nSPS) is 23.0. The molecule has 2 rings (SSSR count). The highest BCUT2D eigenvalue weighted by atomic mass is 32.2. The Morgan fingerprint density at radius 3 is 3.11 bits per heavy atom. The first-order chi connectivity index (χ1) is 8.60. The van der Waals surface area contributed by atoms with Crippen LogP contribution in [0.5, 0.6) is 0 Å². The second-order valence-electron chi connectivity index (χ2n) is 3.72. The number of hydrogen-bond donors (Lipinski definition) is 2. The summed E-state index contributed by atoms with van der Waals surface area (Å²) < 4.78 is 6.79. The average molecular weight is 271 g/mol. The molecule has 98 valence electrons. The number of carbonyl (C=O) groups excluding carboxylic acids is 1. The van der Waals surface area contributed by atoms with Crippen molar-refractivity contribution in [2.24, 2.45) is 0 Å². The Morgan fingerprint density at radius 2 is 2.56 bits per heavy atom. The van der Waals surface area contributed by atoms with Gasteiger partial charge in [0.2, 0.25) is 5.91 Å². The third-order valence-electron chi connectivity index (χ3n) is 2.33. The summed E-state index contributed by atoms with van der Waals surface area (Å²) in [4.78, 5) is 26.3. The molecule has 8 heteroatoms. The molecule has 18 heavy (non-hydrogen) atoms. The Morgan fingerprint density at radius 1 is 1.78 bits per heavy atom. The number of carbonyl (C=O) groups is 1. The quantitative estimate of drug-likeness (QED) is 0.789. The van der Waals surface area contributed by atoms with E-state index in [1.807, 2.05) is 0 Å². The van der Waals surface area contributed by atoms with Gasteiger partial charge in [-0.15, -0.1) is 11.8 Å². The molecule has 0 spiro atoms. The van der Waals surface area contributed by atoms with Gasteiger partial charge >= 0.3 is 5.69 Å². The predicted octanol–water partition coefficient (Wildman–Crippen LogP) is -0.218. The zero-order valence-corrected chi connectivity index (χ0v) is 10.5. The first-order valence-electron chi connectivity index (χ1n) is 5.35. The molecule has 0 aliphatic carbocycles. The van der Waals surface area contributed by atoms with Crippen molar-refractivity contribution in [3.63, 3.8) is 0 Å². The van der Waals surface area contributed by atoms with Crippen LogP contribution < -0.4 is 11.0 Å². The van der Waals surface area contributed by atoms with Gasteiger partial charge in [0.1, 0.15) is 17.5 Å². The minimum Gasteiger partial charge on any atom is -0.393 e. The Balaban J connectivity index is 2.15. The molecule has 0 radical (unpaired) electrons. The minimum absolute atomic E-state index is 0.0900. The number of ether oxygens (including phenoxy) is 1. The molecule has 1 amide bonds. The van der Waals surface area contributed by atoms with E-state index in [4.69, 9.17) is 9.84 Å². The summed E-state index contributed by atoms with van der Waals surface area (Å²) in [6.07, 6.45) is 1.09. The van der Waals surface area contributed by atoms with Crippen molar-refractivity contribution in [2.45, 2.75) is 18.6 Å². The van der Waals surface area contributed by atoms with E-state index in [0.717, 1.165) is 0 Å². The first kappa shape index (κ1) is 13.1. The molecule has 2 heterocycles. The molecular weight excluding hydrogens is 258 g/mol. The van der Waals surface area contributed by atoms with Gasteiger partial charge in [-0.2, -0.15) is 4.98 Å². The molecule has 0 bridgehead atoms. The highest BCUT2D eigenvalue weighted by Crippen LogP contribution is 2.30. The van der Waals surface area contributed by atoms with Gasteiger partial charge in [-0.05, 0) is 6.07 Å². The van der Waals surface area contributed by atoms with E-state index in [2.05, 4.69) is 10.3 Å². The van der Waals surface area contributed by atoms with Crippen LogP contribution in [0, 0.1) is 0 Å². The number of aromatic nitrogens is 2. The third-order valence-corrected chi connectivity index (χ3v) is 3.44. The van der Waals surface area contributed by atoms with Gasteiger partial charge < -0.3 is 15.2 Å². The predicted molar refractivity (Wildman–Crippen MR) is 66.3 cm³/mol. The standard InChI is InChI=1S/C10H13N3O4S/c1-6(15)11-7-2-3-13(10(16)12-7)8-5-18-9(4-14)17-8/h2-3,8-9,14H,4-5H2,1H3,(H,11,12,15,16). The topological polar surface area (TPSA) is 93.5 Å². The number of nitrogens with one attached hydrogen (secondary N) is 1. The molecule has 1 saturated heterocycles. The van der Waals surface area contributed by atoms with Crippen LogP contribution in [-0.4, -0.2) is 38.4 Å². The van der Waals surface area contributed by atoms with E-state index >= 15 is 0 Å². The summed E-state index contributed by atoms with van der Waals surface area (Å²) in [5, 5.41) is 11.4. The van der Waals surface area contributed by atoms with Crippen molar-refractivity contribution in [3.8, 4) is 0 Å². The second-order valence-corrected chi connectivity index (χ2v) is 4.91. The van der Waals surface area contributed by atoms with Crippen molar-refractivity contribution in [3.05, 3.63) is 22.7 Å². The van der Waals surface area contributed by atoms with E-state index in [-0.39, 0.29) is 23.8 Å². The highest BCUT2D eigenvalue weighted by Gasteiger charge is 2.27. The summed E-state index contributed by atoms with van der Waals surface area (Å²) >= 11 is 1.44. The molecular formula is C10H13N3O4S. The fourth-order valence-electron chi connectivity index (χ4n) is 1.57. The molecule has 1 aromatic heterocycles. The summed E-state index contributed by atoms with van der Waals surface area (Å²) in [5.41, 5.74) is -0.803. The zero-order chi connectivity index (χ0) is 13.1. The number of rotatable bonds is 3. The van der Waals surface area contributed by atoms with E-state index in [1.165, 1.54) is 35.5 Å². The lowest BCUT2D eigenvalue weighted by molar-refractivity contribution is -0.114. The molecule has 2 atom stereocenters. The van der Waals surface area contributed by atoms with Gasteiger partial charge in [0.25, 0.3) is 0 Å². The monoisotopic (exact) mass is 271 g/mol. The Kier molecular flexibility index (Phi) is 4.00. The van der Waals surface area contributed by atoms with Crippen LogP contribution >= 0.6 is 11.8 Å². The smallest absolute Gasteiger partial charge is 0.351 e. The van der Waals surface area contributed by atoms with Crippen molar-refractivity contribution >= 4 is 23.5 Å². The molecule has 2 N–H and O–H groups in total. The van der Waals surface area contributed by atoms with Gasteiger partial charge in [0.15, 0.2) is 0 Å². The van der Waals surface area contributed by atoms with Crippen LogP contribution in [0.25, 0.3) is 0 Å². The van der Waals surface area contributed by atoms with E-state index in [1.54, 1.807) is 0 Å². The summed E-state index contributed by atoms with van der Waals surface area (Å²) in [6, 6.07) is 1.53. The lowest BCUT2D eigenvalue weighted by Gasteiger charge is -2.13. The molecule has 2 unspecified atom stereocenters. The molecule has 7 nitrogen and oxygen atoms in total. The second kappa shape index (κ2) is 5.51. The van der Waals surface area contributed by atoms with Crippen LogP contribution in [0.1, 0.15) is 13.2 Å². The molecule has 0 aromatic carbocycles. The number of nitrogens with zero attached hydrogens (tertiary/aromatic N) is 2. The fraction of sp³-hybridized carbons (Fsp3) is 0.500. The van der Waals surface area contributed by atoms with E-state index in [9.17, 15) is 9.59 Å². The molecule has 1 aliphatic heterocycles. The van der Waals surface area contributed by atoms with Crippen molar-refractivity contribution < 1.29 is 14.6 Å². The largest absolute Gasteiger partial charge is 0.393 e. The minimum atomic E-state index is -0.495. The third kappa shape index (κ3) is 2.89.